The SMILES string of the molecule is CC(N)C1(CCO)CC(C)(C)CC(C)(C)C1. The van der Waals surface area contributed by atoms with Crippen molar-refractivity contribution in [2.45, 2.75) is 66.3 Å². The van der Waals surface area contributed by atoms with Crippen LogP contribution in [0.25, 0.3) is 0 Å². The van der Waals surface area contributed by atoms with Crippen molar-refractivity contribution in [2.24, 2.45) is 22.0 Å². The van der Waals surface area contributed by atoms with Crippen molar-refractivity contribution in [1.82, 2.24) is 0 Å². The molecule has 1 saturated carbocycles. The fourth-order valence-corrected chi connectivity index (χ4v) is 4.34. The maximum Gasteiger partial charge on any atom is 0.0436 e. The molecule has 0 bridgehead atoms. The van der Waals surface area contributed by atoms with Gasteiger partial charge in [0.2, 0.25) is 0 Å². The highest BCUT2D eigenvalue weighted by atomic mass is 16.3. The fraction of sp³-hybridized carbons (Fsp3) is 1.00. The Morgan fingerprint density at radius 3 is 1.81 bits per heavy atom. The van der Waals surface area contributed by atoms with Crippen molar-refractivity contribution in [3.05, 3.63) is 0 Å². The van der Waals surface area contributed by atoms with Crippen molar-refractivity contribution in [3.8, 4) is 0 Å². The Morgan fingerprint density at radius 2 is 1.50 bits per heavy atom. The predicted molar refractivity (Wildman–Crippen MR) is 69.2 cm³/mol. The molecule has 16 heavy (non-hydrogen) atoms. The molecule has 96 valence electrons. The van der Waals surface area contributed by atoms with E-state index in [2.05, 4.69) is 34.6 Å². The average molecular weight is 227 g/mol. The van der Waals surface area contributed by atoms with Crippen molar-refractivity contribution < 1.29 is 5.11 Å². The summed E-state index contributed by atoms with van der Waals surface area (Å²) in [7, 11) is 0. The maximum atomic E-state index is 9.32. The molecule has 0 aromatic carbocycles. The van der Waals surface area contributed by atoms with Gasteiger partial charge in [-0.2, -0.15) is 0 Å². The minimum atomic E-state index is 0.125. The van der Waals surface area contributed by atoms with Crippen LogP contribution in [0.5, 0.6) is 0 Å². The number of hydrogen-bond acceptors (Lipinski definition) is 2. The van der Waals surface area contributed by atoms with E-state index in [0.717, 1.165) is 19.3 Å². The highest BCUT2D eigenvalue weighted by molar-refractivity contribution is 5.00. The predicted octanol–water partition coefficient (Wildman–Crippen LogP) is 2.94. The minimum absolute atomic E-state index is 0.125. The highest BCUT2D eigenvalue weighted by Gasteiger charge is 2.48. The molecule has 1 unspecified atom stereocenters. The number of nitrogens with two attached hydrogens (primary N) is 1. The van der Waals surface area contributed by atoms with Gasteiger partial charge >= 0.3 is 0 Å². The normalized spacial score (nSPS) is 28.7. The van der Waals surface area contributed by atoms with Gasteiger partial charge in [-0.05, 0) is 48.9 Å². The number of rotatable bonds is 3. The van der Waals surface area contributed by atoms with E-state index < -0.39 is 0 Å². The Kier molecular flexibility index (Phi) is 3.76. The molecule has 0 aromatic heterocycles. The third kappa shape index (κ3) is 2.98. The van der Waals surface area contributed by atoms with Gasteiger partial charge in [-0.1, -0.05) is 27.7 Å². The second kappa shape index (κ2) is 4.30. The van der Waals surface area contributed by atoms with Gasteiger partial charge in [-0.25, -0.2) is 0 Å². The average Bonchev–Trinajstić information content (AvgIpc) is 1.97. The van der Waals surface area contributed by atoms with Crippen LogP contribution in [0.4, 0.5) is 0 Å². The van der Waals surface area contributed by atoms with Crippen LogP contribution >= 0.6 is 0 Å². The van der Waals surface area contributed by atoms with E-state index in [1.165, 1.54) is 6.42 Å². The minimum Gasteiger partial charge on any atom is -0.396 e. The summed E-state index contributed by atoms with van der Waals surface area (Å²) in [5.41, 5.74) is 7.02. The summed E-state index contributed by atoms with van der Waals surface area (Å²) >= 11 is 0. The second-order valence-electron chi connectivity index (χ2n) is 7.48. The standard InChI is InChI=1S/C14H29NO/c1-11(15)14(6-7-16)9-12(2,3)8-13(4,5)10-14/h11,16H,6-10,15H2,1-5H3. The smallest absolute Gasteiger partial charge is 0.0436 e. The van der Waals surface area contributed by atoms with E-state index in [-0.39, 0.29) is 18.1 Å². The van der Waals surface area contributed by atoms with Crippen LogP contribution in [0.1, 0.15) is 60.3 Å². The number of aliphatic hydroxyl groups excluding tert-OH is 1. The van der Waals surface area contributed by atoms with Gasteiger partial charge in [0.15, 0.2) is 0 Å². The van der Waals surface area contributed by atoms with Gasteiger partial charge in [-0.15, -0.1) is 0 Å². The highest BCUT2D eigenvalue weighted by Crippen LogP contribution is 2.56. The van der Waals surface area contributed by atoms with E-state index in [1.54, 1.807) is 0 Å². The molecule has 2 heteroatoms. The van der Waals surface area contributed by atoms with Crippen LogP contribution < -0.4 is 5.73 Å². The first-order chi connectivity index (χ1) is 7.13. The Bertz CT molecular complexity index is 227. The second-order valence-corrected chi connectivity index (χ2v) is 7.48. The zero-order valence-electron chi connectivity index (χ0n) is 11.6. The van der Waals surface area contributed by atoms with Gasteiger partial charge in [-0.3, -0.25) is 0 Å². The third-order valence-electron chi connectivity index (χ3n) is 4.19. The lowest BCUT2D eigenvalue weighted by atomic mass is 9.52. The molecule has 0 spiro atoms. The van der Waals surface area contributed by atoms with Gasteiger partial charge in [0.25, 0.3) is 0 Å². The Morgan fingerprint density at radius 1 is 1.06 bits per heavy atom. The van der Waals surface area contributed by atoms with Gasteiger partial charge in [0, 0.05) is 12.6 Å². The molecule has 0 aromatic rings. The van der Waals surface area contributed by atoms with Crippen molar-refractivity contribution in [3.63, 3.8) is 0 Å². The van der Waals surface area contributed by atoms with Gasteiger partial charge in [0.1, 0.15) is 0 Å². The molecule has 1 atom stereocenters. The Balaban J connectivity index is 3.00. The molecule has 3 N–H and O–H groups in total. The van der Waals surface area contributed by atoms with Crippen molar-refractivity contribution in [2.75, 3.05) is 6.61 Å². The molecule has 0 saturated heterocycles. The lowest BCUT2D eigenvalue weighted by Gasteiger charge is -2.54. The van der Waals surface area contributed by atoms with Crippen LogP contribution in [0, 0.1) is 16.2 Å². The van der Waals surface area contributed by atoms with Crippen LogP contribution in [-0.4, -0.2) is 17.8 Å². The van der Waals surface area contributed by atoms with Crippen LogP contribution in [0.3, 0.4) is 0 Å². The molecular weight excluding hydrogens is 198 g/mol. The maximum absolute atomic E-state index is 9.32. The lowest BCUT2D eigenvalue weighted by molar-refractivity contribution is -0.0291. The quantitative estimate of drug-likeness (QED) is 0.778. The summed E-state index contributed by atoms with van der Waals surface area (Å²) in [5.74, 6) is 0. The lowest BCUT2D eigenvalue weighted by Crippen LogP contribution is -2.50. The summed E-state index contributed by atoms with van der Waals surface area (Å²) in [6.07, 6.45) is 4.38. The van der Waals surface area contributed by atoms with Crippen molar-refractivity contribution in [1.29, 1.82) is 0 Å². The van der Waals surface area contributed by atoms with Crippen LogP contribution in [0.2, 0.25) is 0 Å². The monoisotopic (exact) mass is 227 g/mol. The molecule has 1 aliphatic rings. The first-order valence-corrected chi connectivity index (χ1v) is 6.49. The van der Waals surface area contributed by atoms with Gasteiger partial charge in [0.05, 0.1) is 0 Å². The van der Waals surface area contributed by atoms with E-state index in [0.29, 0.717) is 10.8 Å². The molecule has 0 heterocycles. The summed E-state index contributed by atoms with van der Waals surface area (Å²) in [4.78, 5) is 0. The van der Waals surface area contributed by atoms with Crippen molar-refractivity contribution >= 4 is 0 Å². The summed E-state index contributed by atoms with van der Waals surface area (Å²) in [6, 6.07) is 0.165. The largest absolute Gasteiger partial charge is 0.396 e. The van der Waals surface area contributed by atoms with Crippen LogP contribution in [0.15, 0.2) is 0 Å². The molecule has 0 amide bonds. The molecule has 1 aliphatic carbocycles. The topological polar surface area (TPSA) is 46.2 Å². The molecule has 0 aliphatic heterocycles. The van der Waals surface area contributed by atoms with E-state index in [4.69, 9.17) is 5.73 Å². The Hall–Kier alpha value is -0.0800. The number of hydrogen-bond donors (Lipinski definition) is 2. The summed E-state index contributed by atoms with van der Waals surface area (Å²) < 4.78 is 0. The summed E-state index contributed by atoms with van der Waals surface area (Å²) in [6.45, 7) is 11.7. The van der Waals surface area contributed by atoms with Crippen LogP contribution in [-0.2, 0) is 0 Å². The van der Waals surface area contributed by atoms with E-state index in [9.17, 15) is 5.11 Å². The summed E-state index contributed by atoms with van der Waals surface area (Å²) in [5, 5.41) is 9.32. The van der Waals surface area contributed by atoms with E-state index >= 15 is 0 Å². The fourth-order valence-electron chi connectivity index (χ4n) is 4.34. The van der Waals surface area contributed by atoms with E-state index in [1.807, 2.05) is 0 Å². The first-order valence-electron chi connectivity index (χ1n) is 6.49. The zero-order valence-corrected chi connectivity index (χ0v) is 11.6. The molecule has 1 fully saturated rings. The molecule has 0 radical (unpaired) electrons. The molecular formula is C14H29NO. The molecule has 1 rings (SSSR count). The number of aliphatic hydroxyl groups is 1. The first kappa shape index (κ1) is 14.0. The molecule has 2 nitrogen and oxygen atoms in total. The zero-order chi connectivity index (χ0) is 12.6. The Labute approximate surface area is 101 Å². The third-order valence-corrected chi connectivity index (χ3v) is 4.19. The van der Waals surface area contributed by atoms with Gasteiger partial charge < -0.3 is 10.8 Å².